The lowest BCUT2D eigenvalue weighted by Crippen LogP contribution is -2.24. The first kappa shape index (κ1) is 19.3. The predicted molar refractivity (Wildman–Crippen MR) is 113 cm³/mol. The Hall–Kier alpha value is -4.00. The number of aryl methyl sites for hydroxylation is 2. The van der Waals surface area contributed by atoms with Crippen LogP contribution in [0.2, 0.25) is 0 Å². The van der Waals surface area contributed by atoms with E-state index < -0.39 is 0 Å². The normalized spacial score (nSPS) is 10.6. The minimum Gasteiger partial charge on any atom is -0.345 e. The number of carbonyl (C=O) groups excluding carboxylic acids is 1. The molecule has 30 heavy (non-hydrogen) atoms. The van der Waals surface area contributed by atoms with E-state index in [2.05, 4.69) is 30.2 Å². The number of amides is 1. The standard InChI is InChI=1S/C23H20N6O/c1-15-9-19(27-13-20(15)17-5-6-25-16(2)10-17)12-29-23(30)21-4-3-18(11-28-21)22-14-24-7-8-26-22/h3-11,13-14H,12H2,1-2H3,(H,29,30). The zero-order valence-electron chi connectivity index (χ0n) is 16.7. The molecular weight excluding hydrogens is 376 g/mol. The van der Waals surface area contributed by atoms with Gasteiger partial charge in [-0.05, 0) is 55.3 Å². The molecule has 0 fully saturated rings. The van der Waals surface area contributed by atoms with Gasteiger partial charge in [-0.3, -0.25) is 29.7 Å². The highest BCUT2D eigenvalue weighted by atomic mass is 16.1. The summed E-state index contributed by atoms with van der Waals surface area (Å²) in [6.07, 6.45) is 10.1. The summed E-state index contributed by atoms with van der Waals surface area (Å²) >= 11 is 0. The second-order valence-electron chi connectivity index (χ2n) is 6.88. The Kier molecular flexibility index (Phi) is 5.52. The number of hydrogen-bond donors (Lipinski definition) is 1. The van der Waals surface area contributed by atoms with Crippen LogP contribution in [0.4, 0.5) is 0 Å². The van der Waals surface area contributed by atoms with Gasteiger partial charge in [0, 0.05) is 47.8 Å². The minimum atomic E-state index is -0.256. The zero-order valence-corrected chi connectivity index (χ0v) is 16.7. The van der Waals surface area contributed by atoms with Crippen LogP contribution < -0.4 is 5.32 Å². The summed E-state index contributed by atoms with van der Waals surface area (Å²) in [7, 11) is 0. The average Bonchev–Trinajstić information content (AvgIpc) is 2.78. The van der Waals surface area contributed by atoms with Crippen LogP contribution in [-0.4, -0.2) is 30.8 Å². The Morgan fingerprint density at radius 1 is 0.867 bits per heavy atom. The molecule has 0 radical (unpaired) electrons. The number of carbonyl (C=O) groups is 1. The molecule has 0 aliphatic heterocycles. The minimum absolute atomic E-state index is 0.256. The topological polar surface area (TPSA) is 93.6 Å². The van der Waals surface area contributed by atoms with Gasteiger partial charge in [-0.25, -0.2) is 0 Å². The Morgan fingerprint density at radius 2 is 1.77 bits per heavy atom. The van der Waals surface area contributed by atoms with E-state index in [1.54, 1.807) is 43.1 Å². The summed E-state index contributed by atoms with van der Waals surface area (Å²) in [5.74, 6) is -0.256. The molecule has 1 N–H and O–H groups in total. The summed E-state index contributed by atoms with van der Waals surface area (Å²) in [6, 6.07) is 9.46. The van der Waals surface area contributed by atoms with Crippen LogP contribution in [0.1, 0.15) is 27.4 Å². The average molecular weight is 396 g/mol. The third-order valence-electron chi connectivity index (χ3n) is 4.66. The van der Waals surface area contributed by atoms with E-state index in [1.165, 1.54) is 0 Å². The molecule has 0 aromatic carbocycles. The molecule has 0 atom stereocenters. The molecule has 0 aliphatic rings. The van der Waals surface area contributed by atoms with Crippen LogP contribution >= 0.6 is 0 Å². The highest BCUT2D eigenvalue weighted by Gasteiger charge is 2.10. The Bertz CT molecular complexity index is 1180. The van der Waals surface area contributed by atoms with Gasteiger partial charge < -0.3 is 5.32 Å². The van der Waals surface area contributed by atoms with E-state index in [0.29, 0.717) is 17.9 Å². The molecular formula is C23H20N6O. The van der Waals surface area contributed by atoms with Crippen molar-refractivity contribution in [2.45, 2.75) is 20.4 Å². The molecule has 0 bridgehead atoms. The van der Waals surface area contributed by atoms with E-state index in [-0.39, 0.29) is 5.91 Å². The zero-order chi connectivity index (χ0) is 20.9. The quantitative estimate of drug-likeness (QED) is 0.555. The van der Waals surface area contributed by atoms with Gasteiger partial charge in [-0.2, -0.15) is 0 Å². The molecule has 0 spiro atoms. The van der Waals surface area contributed by atoms with Crippen molar-refractivity contribution in [2.75, 3.05) is 0 Å². The van der Waals surface area contributed by atoms with Crippen LogP contribution in [0.15, 0.2) is 67.5 Å². The summed E-state index contributed by atoms with van der Waals surface area (Å²) in [4.78, 5) is 33.7. The smallest absolute Gasteiger partial charge is 0.270 e. The molecule has 0 unspecified atom stereocenters. The molecule has 4 aromatic heterocycles. The van der Waals surface area contributed by atoms with Gasteiger partial charge in [0.25, 0.3) is 5.91 Å². The first-order valence-electron chi connectivity index (χ1n) is 9.49. The number of pyridine rings is 3. The lowest BCUT2D eigenvalue weighted by molar-refractivity contribution is 0.0945. The maximum absolute atomic E-state index is 12.4. The van der Waals surface area contributed by atoms with Gasteiger partial charge in [-0.1, -0.05) is 0 Å². The molecule has 7 heteroatoms. The number of nitrogens with one attached hydrogen (secondary N) is 1. The second kappa shape index (κ2) is 8.57. The van der Waals surface area contributed by atoms with Crippen molar-refractivity contribution in [3.63, 3.8) is 0 Å². The van der Waals surface area contributed by atoms with Crippen molar-refractivity contribution in [1.82, 2.24) is 30.2 Å². The summed E-state index contributed by atoms with van der Waals surface area (Å²) < 4.78 is 0. The molecule has 4 aromatic rings. The molecule has 4 rings (SSSR count). The fraction of sp³-hybridized carbons (Fsp3) is 0.130. The monoisotopic (exact) mass is 396 g/mol. The van der Waals surface area contributed by atoms with Crippen molar-refractivity contribution in [2.24, 2.45) is 0 Å². The fourth-order valence-electron chi connectivity index (χ4n) is 3.12. The molecule has 4 heterocycles. The SMILES string of the molecule is Cc1cc(-c2cnc(CNC(=O)c3ccc(-c4cnccn4)cn3)cc2C)ccn1. The van der Waals surface area contributed by atoms with Crippen LogP contribution in [0, 0.1) is 13.8 Å². The summed E-state index contributed by atoms with van der Waals surface area (Å²) in [5, 5.41) is 2.87. The fourth-order valence-corrected chi connectivity index (χ4v) is 3.12. The maximum atomic E-state index is 12.4. The first-order chi connectivity index (χ1) is 14.6. The summed E-state index contributed by atoms with van der Waals surface area (Å²) in [5.41, 5.74) is 6.81. The number of rotatable bonds is 5. The molecule has 0 saturated carbocycles. The van der Waals surface area contributed by atoms with Crippen molar-refractivity contribution >= 4 is 5.91 Å². The van der Waals surface area contributed by atoms with Gasteiger partial charge in [-0.15, -0.1) is 0 Å². The molecule has 148 valence electrons. The molecule has 0 saturated heterocycles. The lowest BCUT2D eigenvalue weighted by Gasteiger charge is -2.10. The number of hydrogen-bond acceptors (Lipinski definition) is 6. The van der Waals surface area contributed by atoms with Crippen molar-refractivity contribution in [3.8, 4) is 22.4 Å². The van der Waals surface area contributed by atoms with E-state index >= 15 is 0 Å². The third kappa shape index (κ3) is 4.35. The molecule has 1 amide bonds. The van der Waals surface area contributed by atoms with E-state index in [4.69, 9.17) is 0 Å². The Morgan fingerprint density at radius 3 is 2.47 bits per heavy atom. The lowest BCUT2D eigenvalue weighted by atomic mass is 10.0. The largest absolute Gasteiger partial charge is 0.345 e. The van der Waals surface area contributed by atoms with Crippen LogP contribution in [0.25, 0.3) is 22.4 Å². The number of aromatic nitrogens is 5. The van der Waals surface area contributed by atoms with Crippen LogP contribution in [0.3, 0.4) is 0 Å². The van der Waals surface area contributed by atoms with Crippen LogP contribution in [0.5, 0.6) is 0 Å². The van der Waals surface area contributed by atoms with Crippen molar-refractivity contribution in [1.29, 1.82) is 0 Å². The Balaban J connectivity index is 1.42. The van der Waals surface area contributed by atoms with Gasteiger partial charge in [0.1, 0.15) is 5.69 Å². The van der Waals surface area contributed by atoms with Crippen molar-refractivity contribution < 1.29 is 4.79 Å². The second-order valence-corrected chi connectivity index (χ2v) is 6.88. The van der Waals surface area contributed by atoms with Crippen LogP contribution in [-0.2, 0) is 6.54 Å². The van der Waals surface area contributed by atoms with Gasteiger partial charge in [0.2, 0.25) is 0 Å². The van der Waals surface area contributed by atoms with Gasteiger partial charge in [0.05, 0.1) is 24.1 Å². The summed E-state index contributed by atoms with van der Waals surface area (Å²) in [6.45, 7) is 4.32. The van der Waals surface area contributed by atoms with Crippen molar-refractivity contribution in [3.05, 3.63) is 90.2 Å². The third-order valence-corrected chi connectivity index (χ3v) is 4.66. The predicted octanol–water partition coefficient (Wildman–Crippen LogP) is 3.54. The van der Waals surface area contributed by atoms with E-state index in [0.717, 1.165) is 33.6 Å². The van der Waals surface area contributed by atoms with Gasteiger partial charge >= 0.3 is 0 Å². The highest BCUT2D eigenvalue weighted by molar-refractivity contribution is 5.92. The molecule has 7 nitrogen and oxygen atoms in total. The number of nitrogens with zero attached hydrogens (tertiary/aromatic N) is 5. The Labute approximate surface area is 174 Å². The van der Waals surface area contributed by atoms with Gasteiger partial charge in [0.15, 0.2) is 0 Å². The maximum Gasteiger partial charge on any atom is 0.270 e. The molecule has 0 aliphatic carbocycles. The van der Waals surface area contributed by atoms with E-state index in [1.807, 2.05) is 38.2 Å². The highest BCUT2D eigenvalue weighted by Crippen LogP contribution is 2.23. The first-order valence-corrected chi connectivity index (χ1v) is 9.49. The van der Waals surface area contributed by atoms with E-state index in [9.17, 15) is 4.79 Å².